The molecular formula is C15H13ClN2O3. The molecule has 0 fully saturated rings. The molecular weight excluding hydrogens is 292 g/mol. The molecule has 1 amide bonds. The van der Waals surface area contributed by atoms with E-state index in [0.717, 1.165) is 0 Å². The average molecular weight is 305 g/mol. The number of aliphatic hydroxyl groups is 1. The van der Waals surface area contributed by atoms with Crippen LogP contribution < -0.4 is 5.32 Å². The fraction of sp³-hybridized carbons (Fsp3) is 0.200. The third-order valence-corrected chi connectivity index (χ3v) is 2.87. The number of carbonyl (C=O) groups is 1. The Morgan fingerprint density at radius 1 is 1.48 bits per heavy atom. The normalized spacial score (nSPS) is 9.86. The summed E-state index contributed by atoms with van der Waals surface area (Å²) in [7, 11) is 0. The number of aromatic nitrogens is 1. The highest BCUT2D eigenvalue weighted by Gasteiger charge is 2.10. The van der Waals surface area contributed by atoms with Gasteiger partial charge in [0, 0.05) is 23.6 Å². The zero-order chi connectivity index (χ0) is 15.2. The van der Waals surface area contributed by atoms with Crippen LogP contribution in [0.2, 0.25) is 5.02 Å². The van der Waals surface area contributed by atoms with Gasteiger partial charge in [-0.25, -0.2) is 0 Å². The Hall–Kier alpha value is -2.29. The summed E-state index contributed by atoms with van der Waals surface area (Å²) in [5.74, 6) is 6.23. The Kier molecular flexibility index (Phi) is 4.99. The van der Waals surface area contributed by atoms with Gasteiger partial charge < -0.3 is 14.9 Å². The van der Waals surface area contributed by atoms with Crippen LogP contribution in [0, 0.1) is 18.8 Å². The van der Waals surface area contributed by atoms with Crippen molar-refractivity contribution in [2.24, 2.45) is 0 Å². The number of carbonyl (C=O) groups excluding carboxylic acids is 1. The van der Waals surface area contributed by atoms with E-state index in [9.17, 15) is 4.79 Å². The third-order valence-electron chi connectivity index (χ3n) is 2.56. The quantitative estimate of drug-likeness (QED) is 0.855. The topological polar surface area (TPSA) is 75.4 Å². The standard InChI is InChI=1S/C15H13ClN2O3/c1-10-8-14(18-21-10)17-15(20)12-6-5-11(13(16)9-12)4-2-3-7-19/h5-6,8-9,19H,3,7H2,1H3,(H,17,18,20). The molecule has 2 rings (SSSR count). The van der Waals surface area contributed by atoms with E-state index in [1.807, 2.05) is 0 Å². The largest absolute Gasteiger partial charge is 0.395 e. The van der Waals surface area contributed by atoms with Crippen LogP contribution in [0.4, 0.5) is 5.82 Å². The molecule has 1 aromatic heterocycles. The van der Waals surface area contributed by atoms with E-state index < -0.39 is 0 Å². The second-order valence-corrected chi connectivity index (χ2v) is 4.65. The van der Waals surface area contributed by atoms with Crippen LogP contribution in [-0.2, 0) is 0 Å². The van der Waals surface area contributed by atoms with Crippen molar-refractivity contribution < 1.29 is 14.4 Å². The van der Waals surface area contributed by atoms with Crippen molar-refractivity contribution in [2.45, 2.75) is 13.3 Å². The number of rotatable bonds is 3. The predicted molar refractivity (Wildman–Crippen MR) is 79.2 cm³/mol. The molecule has 21 heavy (non-hydrogen) atoms. The molecule has 1 aromatic carbocycles. The molecule has 1 heterocycles. The molecule has 2 N–H and O–H groups in total. The van der Waals surface area contributed by atoms with Gasteiger partial charge in [-0.1, -0.05) is 28.6 Å². The van der Waals surface area contributed by atoms with E-state index in [4.69, 9.17) is 21.2 Å². The fourth-order valence-electron chi connectivity index (χ4n) is 1.59. The molecule has 0 aliphatic heterocycles. The summed E-state index contributed by atoms with van der Waals surface area (Å²) in [4.78, 5) is 12.0. The number of nitrogens with one attached hydrogen (secondary N) is 1. The van der Waals surface area contributed by atoms with Crippen molar-refractivity contribution in [3.05, 3.63) is 46.2 Å². The number of amides is 1. The smallest absolute Gasteiger partial charge is 0.256 e. The lowest BCUT2D eigenvalue weighted by Crippen LogP contribution is -2.12. The first kappa shape index (κ1) is 15.1. The van der Waals surface area contributed by atoms with Crippen LogP contribution in [0.5, 0.6) is 0 Å². The van der Waals surface area contributed by atoms with Gasteiger partial charge in [0.2, 0.25) is 0 Å². The highest BCUT2D eigenvalue weighted by molar-refractivity contribution is 6.32. The van der Waals surface area contributed by atoms with E-state index >= 15 is 0 Å². The summed E-state index contributed by atoms with van der Waals surface area (Å²) in [6, 6.07) is 6.44. The predicted octanol–water partition coefficient (Wildman–Crippen LogP) is 2.62. The molecule has 0 bridgehead atoms. The van der Waals surface area contributed by atoms with Gasteiger partial charge in [0.05, 0.1) is 11.6 Å². The number of hydrogen-bond donors (Lipinski definition) is 2. The van der Waals surface area contributed by atoms with Gasteiger partial charge in [-0.3, -0.25) is 4.79 Å². The molecule has 6 heteroatoms. The van der Waals surface area contributed by atoms with E-state index in [0.29, 0.717) is 34.1 Å². The minimum Gasteiger partial charge on any atom is -0.395 e. The van der Waals surface area contributed by atoms with Gasteiger partial charge in [0.1, 0.15) is 5.76 Å². The van der Waals surface area contributed by atoms with Crippen LogP contribution in [-0.4, -0.2) is 22.8 Å². The van der Waals surface area contributed by atoms with Crippen LogP contribution in [0.25, 0.3) is 0 Å². The molecule has 2 aromatic rings. The summed E-state index contributed by atoms with van der Waals surface area (Å²) in [5, 5.41) is 15.3. The maximum atomic E-state index is 12.0. The third kappa shape index (κ3) is 4.09. The summed E-state index contributed by atoms with van der Waals surface area (Å²) < 4.78 is 4.87. The van der Waals surface area contributed by atoms with E-state index in [1.54, 1.807) is 25.1 Å². The molecule has 0 radical (unpaired) electrons. The highest BCUT2D eigenvalue weighted by atomic mass is 35.5. The first-order valence-corrected chi connectivity index (χ1v) is 6.62. The van der Waals surface area contributed by atoms with Crippen molar-refractivity contribution in [3.8, 4) is 11.8 Å². The van der Waals surface area contributed by atoms with Gasteiger partial charge >= 0.3 is 0 Å². The number of halogens is 1. The summed E-state index contributed by atoms with van der Waals surface area (Å²) in [6.45, 7) is 1.74. The van der Waals surface area contributed by atoms with Crippen LogP contribution in [0.15, 0.2) is 28.8 Å². The Morgan fingerprint density at radius 3 is 2.90 bits per heavy atom. The highest BCUT2D eigenvalue weighted by Crippen LogP contribution is 2.18. The number of aliphatic hydroxyl groups excluding tert-OH is 1. The minimum absolute atomic E-state index is 0.00221. The first-order chi connectivity index (χ1) is 10.1. The Morgan fingerprint density at radius 2 is 2.29 bits per heavy atom. The number of aryl methyl sites for hydroxylation is 1. The maximum Gasteiger partial charge on any atom is 0.256 e. The average Bonchev–Trinajstić information content (AvgIpc) is 2.86. The van der Waals surface area contributed by atoms with Crippen molar-refractivity contribution in [3.63, 3.8) is 0 Å². The van der Waals surface area contributed by atoms with Gasteiger partial charge in [-0.2, -0.15) is 0 Å². The van der Waals surface area contributed by atoms with Crippen molar-refractivity contribution in [1.82, 2.24) is 5.16 Å². The SMILES string of the molecule is Cc1cc(NC(=O)c2ccc(C#CCCO)c(Cl)c2)no1. The molecule has 0 saturated heterocycles. The maximum absolute atomic E-state index is 12.0. The first-order valence-electron chi connectivity index (χ1n) is 6.24. The van der Waals surface area contributed by atoms with Gasteiger partial charge in [-0.15, -0.1) is 0 Å². The molecule has 0 saturated carbocycles. The van der Waals surface area contributed by atoms with Gasteiger partial charge in [-0.05, 0) is 25.1 Å². The van der Waals surface area contributed by atoms with Crippen LogP contribution in [0.1, 0.15) is 28.1 Å². The monoisotopic (exact) mass is 304 g/mol. The van der Waals surface area contributed by atoms with Crippen LogP contribution in [0.3, 0.4) is 0 Å². The number of benzene rings is 1. The molecule has 0 atom stereocenters. The van der Waals surface area contributed by atoms with Crippen LogP contribution >= 0.6 is 11.6 Å². The van der Waals surface area contributed by atoms with Crippen molar-refractivity contribution >= 4 is 23.3 Å². The minimum atomic E-state index is -0.333. The number of nitrogens with zero attached hydrogens (tertiary/aromatic N) is 1. The lowest BCUT2D eigenvalue weighted by atomic mass is 10.1. The molecule has 108 valence electrons. The Balaban J connectivity index is 2.12. The number of anilines is 1. The van der Waals surface area contributed by atoms with E-state index in [-0.39, 0.29) is 12.5 Å². The zero-order valence-corrected chi connectivity index (χ0v) is 12.1. The second kappa shape index (κ2) is 6.93. The zero-order valence-electron chi connectivity index (χ0n) is 11.3. The lowest BCUT2D eigenvalue weighted by molar-refractivity contribution is 0.102. The summed E-state index contributed by atoms with van der Waals surface area (Å²) >= 11 is 6.08. The Bertz CT molecular complexity index is 713. The molecule has 5 nitrogen and oxygen atoms in total. The summed E-state index contributed by atoms with van der Waals surface area (Å²) in [5.41, 5.74) is 1.01. The Labute approximate surface area is 126 Å². The van der Waals surface area contributed by atoms with Crippen molar-refractivity contribution in [2.75, 3.05) is 11.9 Å². The fourth-order valence-corrected chi connectivity index (χ4v) is 1.81. The molecule has 0 aliphatic rings. The molecule has 0 spiro atoms. The van der Waals surface area contributed by atoms with E-state index in [2.05, 4.69) is 22.3 Å². The summed E-state index contributed by atoms with van der Waals surface area (Å²) in [6.07, 6.45) is 0.379. The van der Waals surface area contributed by atoms with E-state index in [1.165, 1.54) is 6.07 Å². The molecule has 0 aliphatic carbocycles. The van der Waals surface area contributed by atoms with Gasteiger partial charge in [0.25, 0.3) is 5.91 Å². The van der Waals surface area contributed by atoms with Gasteiger partial charge in [0.15, 0.2) is 5.82 Å². The van der Waals surface area contributed by atoms with Crippen molar-refractivity contribution in [1.29, 1.82) is 0 Å². The molecule has 0 unspecified atom stereocenters. The second-order valence-electron chi connectivity index (χ2n) is 4.25. The lowest BCUT2D eigenvalue weighted by Gasteiger charge is -2.03. The number of hydrogen-bond acceptors (Lipinski definition) is 4.